The Morgan fingerprint density at radius 2 is 2.04 bits per heavy atom. The number of carbonyl (C=O) groups excluding carboxylic acids is 1. The van der Waals surface area contributed by atoms with Gasteiger partial charge in [0.1, 0.15) is 17.8 Å². The number of fused-ring (bicyclic) bond motifs is 1. The van der Waals surface area contributed by atoms with Crippen molar-refractivity contribution in [1.82, 2.24) is 9.78 Å². The minimum atomic E-state index is 0.470. The Morgan fingerprint density at radius 3 is 2.70 bits per heavy atom. The third kappa shape index (κ3) is 2.54. The molecule has 0 atom stereocenters. The molecule has 0 aliphatic heterocycles. The van der Waals surface area contributed by atoms with Crippen LogP contribution in [0.2, 0.25) is 0 Å². The zero-order valence-electron chi connectivity index (χ0n) is 13.4. The van der Waals surface area contributed by atoms with E-state index < -0.39 is 0 Å². The summed E-state index contributed by atoms with van der Waals surface area (Å²) in [4.78, 5) is 10.9. The summed E-state index contributed by atoms with van der Waals surface area (Å²) in [5, 5.41) is 5.44. The molecule has 3 aromatic rings. The molecule has 0 aliphatic rings. The Hall–Kier alpha value is -2.82. The maximum atomic E-state index is 10.9. The fourth-order valence-electron chi connectivity index (χ4n) is 2.72. The number of furan rings is 1. The van der Waals surface area contributed by atoms with E-state index in [-0.39, 0.29) is 0 Å². The molecule has 0 amide bonds. The highest BCUT2D eigenvalue weighted by atomic mass is 16.5. The second-order valence-electron chi connectivity index (χ2n) is 5.15. The molecule has 0 radical (unpaired) electrons. The van der Waals surface area contributed by atoms with Crippen molar-refractivity contribution < 1.29 is 13.9 Å². The lowest BCUT2D eigenvalue weighted by Crippen LogP contribution is -1.95. The molecule has 0 unspecified atom stereocenters. The summed E-state index contributed by atoms with van der Waals surface area (Å²) < 4.78 is 13.3. The number of hydrogen-bond acceptors (Lipinski definition) is 4. The van der Waals surface area contributed by atoms with E-state index in [9.17, 15) is 4.79 Å². The molecule has 0 spiro atoms. The summed E-state index contributed by atoms with van der Waals surface area (Å²) in [5.41, 5.74) is 3.18. The summed E-state index contributed by atoms with van der Waals surface area (Å²) in [6, 6.07) is 9.79. The second kappa shape index (κ2) is 6.12. The number of benzene rings is 1. The van der Waals surface area contributed by atoms with Gasteiger partial charge in [0.25, 0.3) is 0 Å². The van der Waals surface area contributed by atoms with Crippen molar-refractivity contribution in [1.29, 1.82) is 0 Å². The SMILES string of the molecule is CCOC(=CC=O)c1c(C)oc2c1c(C)nn2-c1ccccc1. The smallest absolute Gasteiger partial charge is 0.230 e. The molecule has 23 heavy (non-hydrogen) atoms. The summed E-state index contributed by atoms with van der Waals surface area (Å²) in [7, 11) is 0. The van der Waals surface area contributed by atoms with Crippen LogP contribution in [0.5, 0.6) is 0 Å². The molecule has 5 nitrogen and oxygen atoms in total. The molecule has 0 saturated carbocycles. The monoisotopic (exact) mass is 310 g/mol. The molecule has 2 aromatic heterocycles. The van der Waals surface area contributed by atoms with Gasteiger partial charge in [0.2, 0.25) is 5.71 Å². The molecule has 0 N–H and O–H groups in total. The van der Waals surface area contributed by atoms with Crippen LogP contribution in [0.15, 0.2) is 40.8 Å². The predicted molar refractivity (Wildman–Crippen MR) is 88.5 cm³/mol. The number of aryl methyl sites for hydroxylation is 2. The average molecular weight is 310 g/mol. The third-order valence-electron chi connectivity index (χ3n) is 3.64. The Labute approximate surface area is 134 Å². The van der Waals surface area contributed by atoms with E-state index in [2.05, 4.69) is 5.10 Å². The van der Waals surface area contributed by atoms with Crippen LogP contribution in [0.25, 0.3) is 22.5 Å². The number of para-hydroxylation sites is 1. The van der Waals surface area contributed by atoms with Crippen molar-refractivity contribution in [2.75, 3.05) is 6.61 Å². The van der Waals surface area contributed by atoms with Crippen molar-refractivity contribution in [3.05, 3.63) is 53.4 Å². The van der Waals surface area contributed by atoms with Gasteiger partial charge < -0.3 is 9.15 Å². The van der Waals surface area contributed by atoms with Gasteiger partial charge in [-0.2, -0.15) is 9.78 Å². The fraction of sp³-hybridized carbons (Fsp3) is 0.222. The van der Waals surface area contributed by atoms with Gasteiger partial charge in [-0.15, -0.1) is 0 Å². The first-order chi connectivity index (χ1) is 11.2. The topological polar surface area (TPSA) is 57.3 Å². The quantitative estimate of drug-likeness (QED) is 0.408. The number of carbonyl (C=O) groups is 1. The van der Waals surface area contributed by atoms with Gasteiger partial charge in [-0.05, 0) is 32.9 Å². The normalized spacial score (nSPS) is 11.9. The predicted octanol–water partition coefficient (Wildman–Crippen LogP) is 3.81. The van der Waals surface area contributed by atoms with Crippen LogP contribution in [0, 0.1) is 13.8 Å². The van der Waals surface area contributed by atoms with Crippen LogP contribution in [-0.2, 0) is 9.53 Å². The van der Waals surface area contributed by atoms with Gasteiger partial charge in [0, 0.05) is 6.08 Å². The van der Waals surface area contributed by atoms with Gasteiger partial charge in [0.15, 0.2) is 0 Å². The maximum Gasteiger partial charge on any atom is 0.230 e. The lowest BCUT2D eigenvalue weighted by molar-refractivity contribution is -0.104. The number of rotatable bonds is 5. The Bertz CT molecular complexity index is 873. The van der Waals surface area contributed by atoms with Gasteiger partial charge in [-0.1, -0.05) is 18.2 Å². The first-order valence-corrected chi connectivity index (χ1v) is 7.50. The molecule has 0 bridgehead atoms. The Kier molecular flexibility index (Phi) is 4.02. The molecule has 0 saturated heterocycles. The van der Waals surface area contributed by atoms with E-state index in [1.807, 2.05) is 51.1 Å². The van der Waals surface area contributed by atoms with E-state index >= 15 is 0 Å². The van der Waals surface area contributed by atoms with Crippen LogP contribution in [0.1, 0.15) is 23.9 Å². The van der Waals surface area contributed by atoms with E-state index in [0.717, 1.165) is 28.6 Å². The van der Waals surface area contributed by atoms with Gasteiger partial charge >= 0.3 is 0 Å². The maximum absolute atomic E-state index is 10.9. The molecule has 1 aromatic carbocycles. The number of aromatic nitrogens is 2. The average Bonchev–Trinajstić information content (AvgIpc) is 3.05. The van der Waals surface area contributed by atoms with Crippen LogP contribution in [0.3, 0.4) is 0 Å². The van der Waals surface area contributed by atoms with Crippen LogP contribution in [0.4, 0.5) is 0 Å². The zero-order valence-corrected chi connectivity index (χ0v) is 13.4. The molecule has 0 fully saturated rings. The minimum Gasteiger partial charge on any atom is -0.493 e. The summed E-state index contributed by atoms with van der Waals surface area (Å²) in [6.45, 7) is 6.13. The molecule has 118 valence electrons. The number of hydrogen-bond donors (Lipinski definition) is 0. The highest BCUT2D eigenvalue weighted by molar-refractivity contribution is 5.94. The standard InChI is InChI=1S/C18H18N2O3/c1-4-22-15(10-11-21)17-13(3)23-18-16(17)12(2)19-20(18)14-8-6-5-7-9-14/h5-11H,4H2,1-3H3. The lowest BCUT2D eigenvalue weighted by atomic mass is 10.1. The number of aldehydes is 1. The van der Waals surface area contributed by atoms with Crippen molar-refractivity contribution in [3.8, 4) is 5.69 Å². The van der Waals surface area contributed by atoms with Gasteiger partial charge in [-0.25, -0.2) is 0 Å². The van der Waals surface area contributed by atoms with Gasteiger partial charge in [-0.3, -0.25) is 4.79 Å². The number of nitrogens with zero attached hydrogens (tertiary/aromatic N) is 2. The minimum absolute atomic E-state index is 0.470. The Morgan fingerprint density at radius 1 is 1.30 bits per heavy atom. The highest BCUT2D eigenvalue weighted by Gasteiger charge is 2.23. The van der Waals surface area contributed by atoms with E-state index in [1.165, 1.54) is 6.08 Å². The first kappa shape index (κ1) is 15.1. The summed E-state index contributed by atoms with van der Waals surface area (Å²) in [6.07, 6.45) is 2.14. The fourth-order valence-corrected chi connectivity index (χ4v) is 2.72. The second-order valence-corrected chi connectivity index (χ2v) is 5.15. The summed E-state index contributed by atoms with van der Waals surface area (Å²) >= 11 is 0. The van der Waals surface area contributed by atoms with Crippen LogP contribution in [-0.4, -0.2) is 22.7 Å². The van der Waals surface area contributed by atoms with Crippen molar-refractivity contribution in [3.63, 3.8) is 0 Å². The molecule has 0 aliphatic carbocycles. The van der Waals surface area contributed by atoms with Crippen molar-refractivity contribution in [2.45, 2.75) is 20.8 Å². The van der Waals surface area contributed by atoms with Crippen LogP contribution < -0.4 is 0 Å². The number of ether oxygens (including phenoxy) is 1. The van der Waals surface area contributed by atoms with E-state index in [4.69, 9.17) is 9.15 Å². The van der Waals surface area contributed by atoms with Gasteiger partial charge in [0.05, 0.1) is 28.9 Å². The third-order valence-corrected chi connectivity index (χ3v) is 3.64. The molecule has 5 heteroatoms. The number of allylic oxidation sites excluding steroid dienone is 1. The lowest BCUT2D eigenvalue weighted by Gasteiger charge is -2.06. The highest BCUT2D eigenvalue weighted by Crippen LogP contribution is 2.35. The largest absolute Gasteiger partial charge is 0.493 e. The zero-order chi connectivity index (χ0) is 16.4. The van der Waals surface area contributed by atoms with Crippen LogP contribution >= 0.6 is 0 Å². The van der Waals surface area contributed by atoms with E-state index in [1.54, 1.807) is 4.68 Å². The van der Waals surface area contributed by atoms with Crippen molar-refractivity contribution >= 4 is 23.1 Å². The molecule has 2 heterocycles. The first-order valence-electron chi connectivity index (χ1n) is 7.50. The van der Waals surface area contributed by atoms with E-state index in [0.29, 0.717) is 23.8 Å². The Balaban J connectivity index is 2.26. The summed E-state index contributed by atoms with van der Waals surface area (Å²) in [5.74, 6) is 1.21. The molecular weight excluding hydrogens is 292 g/mol. The van der Waals surface area contributed by atoms with Crippen molar-refractivity contribution in [2.24, 2.45) is 0 Å². The molecule has 3 rings (SSSR count). The molecular formula is C18H18N2O3.